The Labute approximate surface area is 95.5 Å². The molecule has 0 saturated heterocycles. The highest BCUT2D eigenvalue weighted by atomic mass is 16.3. The highest BCUT2D eigenvalue weighted by molar-refractivity contribution is 4.81. The Hall–Kier alpha value is -0.0800. The molecule has 0 aliphatic rings. The van der Waals surface area contributed by atoms with Gasteiger partial charge < -0.3 is 10.4 Å². The van der Waals surface area contributed by atoms with Crippen LogP contribution in [0.3, 0.4) is 0 Å². The van der Waals surface area contributed by atoms with E-state index >= 15 is 0 Å². The summed E-state index contributed by atoms with van der Waals surface area (Å²) >= 11 is 0. The zero-order chi connectivity index (χ0) is 12.1. The molecule has 2 N–H and O–H groups in total. The molecule has 0 aliphatic carbocycles. The number of aliphatic hydroxyl groups is 1. The van der Waals surface area contributed by atoms with Crippen molar-refractivity contribution in [2.24, 2.45) is 11.3 Å². The summed E-state index contributed by atoms with van der Waals surface area (Å²) in [5.41, 5.74) is 0.00520. The van der Waals surface area contributed by atoms with Crippen LogP contribution < -0.4 is 5.32 Å². The molecule has 0 spiro atoms. The van der Waals surface area contributed by atoms with Gasteiger partial charge in [0.2, 0.25) is 0 Å². The van der Waals surface area contributed by atoms with E-state index in [1.54, 1.807) is 0 Å². The van der Waals surface area contributed by atoms with E-state index in [1.807, 2.05) is 6.92 Å². The Morgan fingerprint density at radius 1 is 1.20 bits per heavy atom. The third-order valence-corrected chi connectivity index (χ3v) is 3.50. The summed E-state index contributed by atoms with van der Waals surface area (Å²) in [6.07, 6.45) is 1.95. The number of nitrogens with one attached hydrogen (secondary N) is 1. The molecular weight excluding hydrogens is 186 g/mol. The van der Waals surface area contributed by atoms with Crippen molar-refractivity contribution in [3.8, 4) is 0 Å². The minimum Gasteiger partial charge on any atom is -0.393 e. The van der Waals surface area contributed by atoms with Gasteiger partial charge in [0.05, 0.1) is 6.10 Å². The lowest BCUT2D eigenvalue weighted by atomic mass is 9.82. The summed E-state index contributed by atoms with van der Waals surface area (Å²) in [5.74, 6) is 0.729. The van der Waals surface area contributed by atoms with Gasteiger partial charge in [0, 0.05) is 18.0 Å². The maximum Gasteiger partial charge on any atom is 0.0577 e. The van der Waals surface area contributed by atoms with E-state index in [0.717, 1.165) is 18.9 Å². The van der Waals surface area contributed by atoms with E-state index in [1.165, 1.54) is 6.42 Å². The molecule has 0 heterocycles. The fraction of sp³-hybridized carbons (Fsp3) is 1.00. The van der Waals surface area contributed by atoms with E-state index in [9.17, 15) is 5.11 Å². The van der Waals surface area contributed by atoms with Crippen molar-refractivity contribution in [2.75, 3.05) is 6.54 Å². The summed E-state index contributed by atoms with van der Waals surface area (Å²) in [5, 5.41) is 13.3. The van der Waals surface area contributed by atoms with Crippen molar-refractivity contribution in [2.45, 2.75) is 66.5 Å². The average Bonchev–Trinajstić information content (AvgIpc) is 2.12. The van der Waals surface area contributed by atoms with Crippen LogP contribution in [0, 0.1) is 11.3 Å². The predicted octanol–water partition coefficient (Wildman–Crippen LogP) is 2.81. The first-order valence-corrected chi connectivity index (χ1v) is 6.23. The fourth-order valence-corrected chi connectivity index (χ4v) is 1.77. The minimum atomic E-state index is -0.249. The summed E-state index contributed by atoms with van der Waals surface area (Å²) in [6.45, 7) is 13.8. The molecule has 3 unspecified atom stereocenters. The molecule has 0 aromatic heterocycles. The SMILES string of the molecule is CCC(C)(CNC(C)CC(C)C)C(C)O. The molecule has 15 heavy (non-hydrogen) atoms. The number of aliphatic hydroxyl groups excluding tert-OH is 1. The van der Waals surface area contributed by atoms with Crippen molar-refractivity contribution in [1.29, 1.82) is 0 Å². The smallest absolute Gasteiger partial charge is 0.0577 e. The molecule has 0 radical (unpaired) electrons. The van der Waals surface area contributed by atoms with Crippen molar-refractivity contribution >= 4 is 0 Å². The van der Waals surface area contributed by atoms with Gasteiger partial charge in [-0.25, -0.2) is 0 Å². The van der Waals surface area contributed by atoms with Crippen LogP contribution in [-0.4, -0.2) is 23.8 Å². The van der Waals surface area contributed by atoms with Gasteiger partial charge in [-0.2, -0.15) is 0 Å². The van der Waals surface area contributed by atoms with E-state index in [0.29, 0.717) is 6.04 Å². The normalized spacial score (nSPS) is 20.0. The zero-order valence-electron chi connectivity index (χ0n) is 11.3. The molecule has 0 fully saturated rings. The lowest BCUT2D eigenvalue weighted by Crippen LogP contribution is -2.43. The van der Waals surface area contributed by atoms with Gasteiger partial charge in [0.25, 0.3) is 0 Å². The van der Waals surface area contributed by atoms with Crippen LogP contribution in [0.1, 0.15) is 54.4 Å². The molecular formula is C13H29NO. The van der Waals surface area contributed by atoms with Crippen LogP contribution in [0.5, 0.6) is 0 Å². The average molecular weight is 215 g/mol. The van der Waals surface area contributed by atoms with Gasteiger partial charge in [-0.05, 0) is 32.6 Å². The molecule has 92 valence electrons. The van der Waals surface area contributed by atoms with Gasteiger partial charge in [0.15, 0.2) is 0 Å². The second-order valence-electron chi connectivity index (χ2n) is 5.60. The molecule has 0 amide bonds. The Balaban J connectivity index is 4.00. The maximum atomic E-state index is 9.73. The second-order valence-corrected chi connectivity index (χ2v) is 5.60. The largest absolute Gasteiger partial charge is 0.393 e. The standard InChI is InChI=1S/C13H29NO/c1-7-13(6,12(5)15)9-14-11(4)8-10(2)3/h10-12,14-15H,7-9H2,1-6H3. The Morgan fingerprint density at radius 3 is 2.07 bits per heavy atom. The lowest BCUT2D eigenvalue weighted by Gasteiger charge is -2.33. The summed E-state index contributed by atoms with van der Waals surface area (Å²) in [7, 11) is 0. The molecule has 0 aromatic rings. The Morgan fingerprint density at radius 2 is 1.73 bits per heavy atom. The van der Waals surface area contributed by atoms with Crippen LogP contribution in [0.15, 0.2) is 0 Å². The molecule has 2 heteroatoms. The lowest BCUT2D eigenvalue weighted by molar-refractivity contribution is 0.0469. The van der Waals surface area contributed by atoms with Crippen molar-refractivity contribution in [1.82, 2.24) is 5.32 Å². The minimum absolute atomic E-state index is 0.00520. The first-order chi connectivity index (χ1) is 6.81. The van der Waals surface area contributed by atoms with Crippen LogP contribution in [0.4, 0.5) is 0 Å². The van der Waals surface area contributed by atoms with Crippen LogP contribution in [-0.2, 0) is 0 Å². The van der Waals surface area contributed by atoms with E-state index in [-0.39, 0.29) is 11.5 Å². The van der Waals surface area contributed by atoms with E-state index < -0.39 is 0 Å². The van der Waals surface area contributed by atoms with Crippen molar-refractivity contribution in [3.05, 3.63) is 0 Å². The molecule has 3 atom stereocenters. The highest BCUT2D eigenvalue weighted by Gasteiger charge is 2.27. The quantitative estimate of drug-likeness (QED) is 0.684. The number of rotatable bonds is 7. The summed E-state index contributed by atoms with van der Waals surface area (Å²) < 4.78 is 0. The molecule has 0 saturated carbocycles. The van der Waals surface area contributed by atoms with E-state index in [2.05, 4.69) is 39.9 Å². The number of hydrogen-bond donors (Lipinski definition) is 2. The second kappa shape index (κ2) is 6.49. The molecule has 0 aliphatic heterocycles. The van der Waals surface area contributed by atoms with Crippen LogP contribution in [0.2, 0.25) is 0 Å². The first-order valence-electron chi connectivity index (χ1n) is 6.23. The van der Waals surface area contributed by atoms with E-state index in [4.69, 9.17) is 0 Å². The third-order valence-electron chi connectivity index (χ3n) is 3.50. The molecule has 0 rings (SSSR count). The third kappa shape index (κ3) is 5.53. The Kier molecular flexibility index (Phi) is 6.46. The van der Waals surface area contributed by atoms with Gasteiger partial charge in [-0.3, -0.25) is 0 Å². The maximum absolute atomic E-state index is 9.73. The predicted molar refractivity (Wildman–Crippen MR) is 67.0 cm³/mol. The molecule has 0 aromatic carbocycles. The van der Waals surface area contributed by atoms with Gasteiger partial charge in [-0.15, -0.1) is 0 Å². The van der Waals surface area contributed by atoms with Crippen molar-refractivity contribution in [3.63, 3.8) is 0 Å². The molecule has 2 nitrogen and oxygen atoms in total. The summed E-state index contributed by atoms with van der Waals surface area (Å²) in [6, 6.07) is 0.537. The first kappa shape index (κ1) is 14.9. The fourth-order valence-electron chi connectivity index (χ4n) is 1.77. The Bertz CT molecular complexity index is 168. The zero-order valence-corrected chi connectivity index (χ0v) is 11.3. The van der Waals surface area contributed by atoms with Gasteiger partial charge in [-0.1, -0.05) is 27.7 Å². The van der Waals surface area contributed by atoms with Crippen LogP contribution >= 0.6 is 0 Å². The van der Waals surface area contributed by atoms with Crippen molar-refractivity contribution < 1.29 is 5.11 Å². The topological polar surface area (TPSA) is 32.3 Å². The number of hydrogen-bond acceptors (Lipinski definition) is 2. The summed E-state index contributed by atoms with van der Waals surface area (Å²) in [4.78, 5) is 0. The highest BCUT2D eigenvalue weighted by Crippen LogP contribution is 2.25. The van der Waals surface area contributed by atoms with Gasteiger partial charge in [0.1, 0.15) is 0 Å². The molecule has 0 bridgehead atoms. The van der Waals surface area contributed by atoms with Gasteiger partial charge >= 0.3 is 0 Å². The van der Waals surface area contributed by atoms with Crippen LogP contribution in [0.25, 0.3) is 0 Å². The monoisotopic (exact) mass is 215 g/mol.